The Morgan fingerprint density at radius 3 is 2.65 bits per heavy atom. The number of hydrogen-bond donors (Lipinski definition) is 0. The number of carbonyl (C=O) groups excluding carboxylic acids is 1. The van der Waals surface area contributed by atoms with Crippen LogP contribution in [0.1, 0.15) is 25.3 Å². The minimum Gasteiger partial charge on any atom is -0.494 e. The summed E-state index contributed by atoms with van der Waals surface area (Å²) in [6.07, 6.45) is 1.38. The van der Waals surface area contributed by atoms with E-state index in [1.54, 1.807) is 0 Å². The summed E-state index contributed by atoms with van der Waals surface area (Å²) < 4.78 is 5.61. The van der Waals surface area contributed by atoms with Gasteiger partial charge in [0.05, 0.1) is 6.61 Å². The predicted molar refractivity (Wildman–Crippen MR) is 67.1 cm³/mol. The summed E-state index contributed by atoms with van der Waals surface area (Å²) in [7, 11) is 0. The highest BCUT2D eigenvalue weighted by Crippen LogP contribution is 2.21. The van der Waals surface area contributed by atoms with E-state index in [0.717, 1.165) is 25.4 Å². The van der Waals surface area contributed by atoms with Gasteiger partial charge in [0.15, 0.2) is 0 Å². The Balaban J connectivity index is 2.00. The number of ketones is 1. The third-order valence-corrected chi connectivity index (χ3v) is 3.08. The summed E-state index contributed by atoms with van der Waals surface area (Å²) in [6, 6.07) is 8.14. The van der Waals surface area contributed by atoms with Crippen molar-refractivity contribution in [2.24, 2.45) is 0 Å². The molecule has 17 heavy (non-hydrogen) atoms. The van der Waals surface area contributed by atoms with Crippen molar-refractivity contribution in [3.05, 3.63) is 29.8 Å². The molecule has 1 aliphatic rings. The molecule has 1 heterocycles. The van der Waals surface area contributed by atoms with Gasteiger partial charge in [-0.3, -0.25) is 9.69 Å². The van der Waals surface area contributed by atoms with Gasteiger partial charge in [-0.05, 0) is 13.0 Å². The van der Waals surface area contributed by atoms with Crippen molar-refractivity contribution in [1.29, 1.82) is 0 Å². The van der Waals surface area contributed by atoms with E-state index in [9.17, 15) is 4.79 Å². The Morgan fingerprint density at radius 1 is 1.24 bits per heavy atom. The maximum Gasteiger partial charge on any atom is 0.135 e. The molecule has 0 aromatic heterocycles. The van der Waals surface area contributed by atoms with Crippen LogP contribution in [0.3, 0.4) is 0 Å². The number of piperidine rings is 1. The fourth-order valence-electron chi connectivity index (χ4n) is 2.13. The van der Waals surface area contributed by atoms with Crippen molar-refractivity contribution in [2.45, 2.75) is 26.3 Å². The number of carbonyl (C=O) groups is 1. The highest BCUT2D eigenvalue weighted by molar-refractivity contribution is 5.79. The second-order valence-electron chi connectivity index (χ2n) is 4.36. The maximum absolute atomic E-state index is 11.2. The first-order chi connectivity index (χ1) is 8.29. The van der Waals surface area contributed by atoms with E-state index in [1.807, 2.05) is 25.1 Å². The standard InChI is InChI=1S/C14H19NO2/c1-2-17-14-6-4-3-5-12(14)11-15-9-7-13(16)8-10-15/h3-6H,2,7-11H2,1H3. The summed E-state index contributed by atoms with van der Waals surface area (Å²) >= 11 is 0. The van der Waals surface area contributed by atoms with Crippen LogP contribution in [0, 0.1) is 0 Å². The molecule has 3 heteroatoms. The normalized spacial score (nSPS) is 17.1. The monoisotopic (exact) mass is 233 g/mol. The van der Waals surface area contributed by atoms with E-state index in [1.165, 1.54) is 5.56 Å². The Labute approximate surface area is 102 Å². The molecule has 1 aromatic carbocycles. The molecule has 0 unspecified atom stereocenters. The second kappa shape index (κ2) is 5.82. The van der Waals surface area contributed by atoms with E-state index < -0.39 is 0 Å². The zero-order valence-corrected chi connectivity index (χ0v) is 10.3. The average Bonchev–Trinajstić information content (AvgIpc) is 2.35. The van der Waals surface area contributed by atoms with E-state index in [4.69, 9.17) is 4.74 Å². The number of rotatable bonds is 4. The van der Waals surface area contributed by atoms with Gasteiger partial charge in [0.25, 0.3) is 0 Å². The third-order valence-electron chi connectivity index (χ3n) is 3.08. The molecule has 0 N–H and O–H groups in total. The average molecular weight is 233 g/mol. The van der Waals surface area contributed by atoms with Gasteiger partial charge >= 0.3 is 0 Å². The minimum absolute atomic E-state index is 0.388. The molecule has 0 spiro atoms. The van der Waals surface area contributed by atoms with Gasteiger partial charge in [-0.1, -0.05) is 18.2 Å². The summed E-state index contributed by atoms with van der Waals surface area (Å²) in [5, 5.41) is 0. The lowest BCUT2D eigenvalue weighted by atomic mass is 10.1. The molecule has 1 aromatic rings. The van der Waals surface area contributed by atoms with Crippen LogP contribution in [0.2, 0.25) is 0 Å². The molecule has 0 saturated carbocycles. The van der Waals surface area contributed by atoms with Crippen LogP contribution < -0.4 is 4.74 Å². The minimum atomic E-state index is 0.388. The molecule has 3 nitrogen and oxygen atoms in total. The zero-order chi connectivity index (χ0) is 12.1. The van der Waals surface area contributed by atoms with Gasteiger partial charge in [-0.15, -0.1) is 0 Å². The lowest BCUT2D eigenvalue weighted by Crippen LogP contribution is -2.33. The third kappa shape index (κ3) is 3.30. The van der Waals surface area contributed by atoms with Crippen molar-refractivity contribution in [3.63, 3.8) is 0 Å². The molecule has 1 aliphatic heterocycles. The van der Waals surface area contributed by atoms with Gasteiger partial charge in [0, 0.05) is 38.0 Å². The molecule has 0 amide bonds. The molecule has 0 bridgehead atoms. The lowest BCUT2D eigenvalue weighted by Gasteiger charge is -2.26. The number of para-hydroxylation sites is 1. The van der Waals surface area contributed by atoms with Crippen LogP contribution in [0.25, 0.3) is 0 Å². The Hall–Kier alpha value is -1.35. The number of benzene rings is 1. The molecular formula is C14H19NO2. The maximum atomic E-state index is 11.2. The molecule has 0 radical (unpaired) electrons. The predicted octanol–water partition coefficient (Wildman–Crippen LogP) is 2.25. The fraction of sp³-hybridized carbons (Fsp3) is 0.500. The molecule has 1 fully saturated rings. The van der Waals surface area contributed by atoms with E-state index in [2.05, 4.69) is 11.0 Å². The summed E-state index contributed by atoms with van der Waals surface area (Å²) in [4.78, 5) is 13.5. The number of hydrogen-bond acceptors (Lipinski definition) is 3. The van der Waals surface area contributed by atoms with Crippen molar-refractivity contribution in [3.8, 4) is 5.75 Å². The number of Topliss-reactive ketones (excluding diaryl/α,β-unsaturated/α-hetero) is 1. The SMILES string of the molecule is CCOc1ccccc1CN1CCC(=O)CC1. The Kier molecular flexibility index (Phi) is 4.15. The van der Waals surface area contributed by atoms with Crippen LogP contribution >= 0.6 is 0 Å². The first kappa shape index (κ1) is 12.1. The van der Waals surface area contributed by atoms with E-state index in [-0.39, 0.29) is 0 Å². The van der Waals surface area contributed by atoms with E-state index in [0.29, 0.717) is 25.2 Å². The smallest absolute Gasteiger partial charge is 0.135 e. The van der Waals surface area contributed by atoms with E-state index >= 15 is 0 Å². The van der Waals surface area contributed by atoms with Gasteiger partial charge in [-0.2, -0.15) is 0 Å². The summed E-state index contributed by atoms with van der Waals surface area (Å²) in [6.45, 7) is 5.31. The second-order valence-corrected chi connectivity index (χ2v) is 4.36. The van der Waals surface area contributed by atoms with Gasteiger partial charge in [0.1, 0.15) is 11.5 Å². The van der Waals surface area contributed by atoms with Crippen LogP contribution in [0.5, 0.6) is 5.75 Å². The molecule has 0 aliphatic carbocycles. The van der Waals surface area contributed by atoms with Crippen LogP contribution in [0.4, 0.5) is 0 Å². The fourth-order valence-corrected chi connectivity index (χ4v) is 2.13. The van der Waals surface area contributed by atoms with Gasteiger partial charge in [-0.25, -0.2) is 0 Å². The number of ether oxygens (including phenoxy) is 1. The van der Waals surface area contributed by atoms with Gasteiger partial charge in [0.2, 0.25) is 0 Å². The topological polar surface area (TPSA) is 29.5 Å². The van der Waals surface area contributed by atoms with Crippen molar-refractivity contribution in [1.82, 2.24) is 4.90 Å². The van der Waals surface area contributed by atoms with Crippen LogP contribution in [-0.4, -0.2) is 30.4 Å². The lowest BCUT2D eigenvalue weighted by molar-refractivity contribution is -0.121. The number of nitrogens with zero attached hydrogens (tertiary/aromatic N) is 1. The first-order valence-electron chi connectivity index (χ1n) is 6.24. The molecule has 2 rings (SSSR count). The van der Waals surface area contributed by atoms with Gasteiger partial charge < -0.3 is 4.74 Å². The Morgan fingerprint density at radius 2 is 1.94 bits per heavy atom. The number of likely N-dealkylation sites (tertiary alicyclic amines) is 1. The largest absolute Gasteiger partial charge is 0.494 e. The van der Waals surface area contributed by atoms with Crippen LogP contribution in [-0.2, 0) is 11.3 Å². The molecule has 0 atom stereocenters. The first-order valence-corrected chi connectivity index (χ1v) is 6.24. The van der Waals surface area contributed by atoms with Crippen molar-refractivity contribution < 1.29 is 9.53 Å². The highest BCUT2D eigenvalue weighted by atomic mass is 16.5. The summed E-state index contributed by atoms with van der Waals surface area (Å²) in [5.74, 6) is 1.35. The zero-order valence-electron chi connectivity index (χ0n) is 10.3. The molecule has 1 saturated heterocycles. The molecule has 92 valence electrons. The van der Waals surface area contributed by atoms with Crippen molar-refractivity contribution in [2.75, 3.05) is 19.7 Å². The summed E-state index contributed by atoms with van der Waals surface area (Å²) in [5.41, 5.74) is 1.21. The quantitative estimate of drug-likeness (QED) is 0.799. The molecular weight excluding hydrogens is 214 g/mol. The van der Waals surface area contributed by atoms with Crippen LogP contribution in [0.15, 0.2) is 24.3 Å². The Bertz CT molecular complexity index is 380. The van der Waals surface area contributed by atoms with Crippen molar-refractivity contribution >= 4 is 5.78 Å². The highest BCUT2D eigenvalue weighted by Gasteiger charge is 2.17.